The number of carbonyl (C=O) groups is 3. The van der Waals surface area contributed by atoms with Crippen LogP contribution in [0.15, 0.2) is 134 Å². The fourth-order valence-corrected chi connectivity index (χ4v) is 8.33. The number of hydrogen-bond donors (Lipinski definition) is 2. The van der Waals surface area contributed by atoms with E-state index in [0.717, 1.165) is 135 Å². The van der Waals surface area contributed by atoms with Crippen LogP contribution in [0.2, 0.25) is 0 Å². The molecule has 0 aromatic carbocycles. The molecule has 0 aliphatic rings. The molecule has 0 aromatic rings. The number of hydrogen-bond acceptors (Lipinski definition) is 10. The summed E-state index contributed by atoms with van der Waals surface area (Å²) in [5.74, 6) is -1.60. The van der Waals surface area contributed by atoms with Crippen molar-refractivity contribution in [1.29, 1.82) is 0 Å². The molecule has 0 saturated carbocycles. The van der Waals surface area contributed by atoms with Gasteiger partial charge in [-0.25, -0.2) is 4.57 Å². The summed E-state index contributed by atoms with van der Waals surface area (Å²) in [6, 6.07) is 0. The number of esters is 3. The fraction of sp³-hybridized carbons (Fsp3) is 0.621. The molecule has 3 unspecified atom stereocenters. The van der Waals surface area contributed by atoms with Gasteiger partial charge in [0.1, 0.15) is 12.7 Å². The molecule has 0 aromatic heterocycles. The largest absolute Gasteiger partial charge is 0.472 e. The van der Waals surface area contributed by atoms with E-state index in [-0.39, 0.29) is 25.9 Å². The van der Waals surface area contributed by atoms with Crippen LogP contribution in [0.5, 0.6) is 0 Å². The first kappa shape index (κ1) is 73.6. The van der Waals surface area contributed by atoms with Gasteiger partial charge in [0.25, 0.3) is 0 Å². The maximum absolute atomic E-state index is 12.9. The van der Waals surface area contributed by atoms with Gasteiger partial charge in [0.05, 0.1) is 19.8 Å². The molecule has 12 heteroatoms. The van der Waals surface area contributed by atoms with Gasteiger partial charge in [-0.1, -0.05) is 219 Å². The lowest BCUT2D eigenvalue weighted by Crippen LogP contribution is -2.30. The van der Waals surface area contributed by atoms with Gasteiger partial charge in [0, 0.05) is 19.3 Å². The molecule has 2 N–H and O–H groups in total. The number of aliphatic hydroxyl groups is 1. The van der Waals surface area contributed by atoms with Crippen LogP contribution in [0, 0.1) is 0 Å². The Morgan fingerprint density at radius 3 is 1.12 bits per heavy atom. The molecule has 0 aliphatic heterocycles. The van der Waals surface area contributed by atoms with E-state index >= 15 is 0 Å². The molecule has 11 nitrogen and oxygen atoms in total. The lowest BCUT2D eigenvalue weighted by molar-refractivity contribution is -0.161. The highest BCUT2D eigenvalue weighted by Gasteiger charge is 2.28. The highest BCUT2D eigenvalue weighted by molar-refractivity contribution is 7.47. The van der Waals surface area contributed by atoms with Crippen LogP contribution in [0.3, 0.4) is 0 Å². The lowest BCUT2D eigenvalue weighted by Gasteiger charge is -2.21. The molecular formula is C66H107O11P. The standard InChI is InChI=1S/C66H107O11P/c1-4-7-10-13-16-19-22-25-27-29-31-33-35-38-41-44-47-50-53-56-65(69)76-62(58-67)60-74-78(71,72)75-61-63(59-73-64(68)55-52-49-46-43-40-37-24-21-18-15-12-9-6-3)77-66(70)57-54-51-48-45-42-39-36-34-32-30-28-26-23-20-17-14-11-8-5-2/h7-8,10-11,16-17,19-21,24-28,31-34,39,42,48,51,62-63,67H,4-6,9,12-15,18,22-23,29-30,35-38,40-41,43-47,49-50,52-61H2,1-3H3,(H,71,72)/b10-7-,11-8-,19-16-,20-17-,24-21-,27-25-,28-26-,33-31-,34-32-,42-39-,51-48-. The van der Waals surface area contributed by atoms with Crippen molar-refractivity contribution in [2.24, 2.45) is 0 Å². The minimum atomic E-state index is -4.78. The van der Waals surface area contributed by atoms with Gasteiger partial charge in [-0.2, -0.15) is 0 Å². The second-order valence-corrected chi connectivity index (χ2v) is 20.8. The van der Waals surface area contributed by atoms with Crippen LogP contribution in [-0.2, 0) is 42.2 Å². The Hall–Kier alpha value is -4.38. The summed E-state index contributed by atoms with van der Waals surface area (Å²) in [6.45, 7) is 4.28. The number of rotatable bonds is 54. The number of ether oxygens (including phenoxy) is 3. The molecule has 0 aliphatic carbocycles. The number of unbranched alkanes of at least 4 members (excludes halogenated alkanes) is 15. The van der Waals surface area contributed by atoms with Gasteiger partial charge in [-0.05, 0) is 122 Å². The third-order valence-corrected chi connectivity index (χ3v) is 13.0. The molecule has 0 spiro atoms. The predicted molar refractivity (Wildman–Crippen MR) is 325 cm³/mol. The third kappa shape index (κ3) is 56.3. The average molecular weight is 1110 g/mol. The van der Waals surface area contributed by atoms with Crippen molar-refractivity contribution in [2.45, 2.75) is 238 Å². The van der Waals surface area contributed by atoms with E-state index in [1.807, 2.05) is 12.2 Å². The lowest BCUT2D eigenvalue weighted by atomic mass is 10.1. The highest BCUT2D eigenvalue weighted by atomic mass is 31.2. The molecule has 78 heavy (non-hydrogen) atoms. The van der Waals surface area contributed by atoms with E-state index < -0.39 is 57.8 Å². The van der Waals surface area contributed by atoms with E-state index in [4.69, 9.17) is 23.3 Å². The Morgan fingerprint density at radius 2 is 0.692 bits per heavy atom. The zero-order valence-electron chi connectivity index (χ0n) is 48.8. The Morgan fingerprint density at radius 1 is 0.372 bits per heavy atom. The van der Waals surface area contributed by atoms with E-state index in [9.17, 15) is 28.9 Å². The van der Waals surface area contributed by atoms with Gasteiger partial charge in [-0.3, -0.25) is 23.4 Å². The number of carbonyl (C=O) groups excluding carboxylic acids is 3. The van der Waals surface area contributed by atoms with Crippen LogP contribution >= 0.6 is 7.82 Å². The summed E-state index contributed by atoms with van der Waals surface area (Å²) in [5, 5.41) is 9.84. The third-order valence-electron chi connectivity index (χ3n) is 12.1. The normalized spacial score (nSPS) is 14.3. The summed E-state index contributed by atoms with van der Waals surface area (Å²) in [6.07, 6.45) is 74.2. The number of allylic oxidation sites excluding steroid dienone is 22. The molecule has 0 rings (SSSR count). The average Bonchev–Trinajstić information content (AvgIpc) is 3.43. The predicted octanol–water partition coefficient (Wildman–Crippen LogP) is 18.1. The maximum atomic E-state index is 12.9. The second-order valence-electron chi connectivity index (χ2n) is 19.4. The number of phosphoric ester groups is 1. The quantitative estimate of drug-likeness (QED) is 0.0197. The molecule has 0 heterocycles. The number of phosphoric acid groups is 1. The Balaban J connectivity index is 4.82. The summed E-state index contributed by atoms with van der Waals surface area (Å²) in [7, 11) is -4.78. The highest BCUT2D eigenvalue weighted by Crippen LogP contribution is 2.43. The fourth-order valence-electron chi connectivity index (χ4n) is 7.54. The molecule has 0 radical (unpaired) electrons. The van der Waals surface area contributed by atoms with Crippen LogP contribution in [-0.4, -0.2) is 66.5 Å². The molecule has 0 bridgehead atoms. The summed E-state index contributed by atoms with van der Waals surface area (Å²) in [4.78, 5) is 48.6. The molecule has 3 atom stereocenters. The first-order chi connectivity index (χ1) is 38.2. The van der Waals surface area contributed by atoms with E-state index in [2.05, 4.69) is 142 Å². The summed E-state index contributed by atoms with van der Waals surface area (Å²) < 4.78 is 39.5. The number of aliphatic hydroxyl groups excluding tert-OH is 1. The van der Waals surface area contributed by atoms with Crippen molar-refractivity contribution < 1.29 is 52.2 Å². The van der Waals surface area contributed by atoms with Crippen LogP contribution in [0.4, 0.5) is 0 Å². The first-order valence-corrected chi connectivity index (χ1v) is 31.6. The zero-order chi connectivity index (χ0) is 56.9. The maximum Gasteiger partial charge on any atom is 0.472 e. The van der Waals surface area contributed by atoms with Crippen LogP contribution < -0.4 is 0 Å². The van der Waals surface area contributed by atoms with Crippen molar-refractivity contribution in [3.8, 4) is 0 Å². The molecule has 0 saturated heterocycles. The van der Waals surface area contributed by atoms with Gasteiger partial charge in [0.15, 0.2) is 6.10 Å². The van der Waals surface area contributed by atoms with Gasteiger partial charge >= 0.3 is 25.7 Å². The Kier molecular flexibility index (Phi) is 55.5. The first-order valence-electron chi connectivity index (χ1n) is 30.1. The Labute approximate surface area is 474 Å². The van der Waals surface area contributed by atoms with Crippen molar-refractivity contribution >= 4 is 25.7 Å². The smallest absolute Gasteiger partial charge is 0.462 e. The molecule has 442 valence electrons. The van der Waals surface area contributed by atoms with E-state index in [1.165, 1.54) is 25.7 Å². The van der Waals surface area contributed by atoms with Gasteiger partial charge < -0.3 is 24.2 Å². The van der Waals surface area contributed by atoms with Crippen molar-refractivity contribution in [2.75, 3.05) is 26.4 Å². The molecule has 0 amide bonds. The van der Waals surface area contributed by atoms with Crippen molar-refractivity contribution in [1.82, 2.24) is 0 Å². The SMILES string of the molecule is CC/C=C\C/C=C\C/C=C\C/C=C\C/C=C\C/C=C\CCC(=O)OC(COC(=O)CCCCCCC/C=C\CCCCCC)COP(=O)(O)OCC(CO)OC(=O)CCCCCCCC/C=C\C/C=C\C/C=C\C/C=C\CC. The monoisotopic (exact) mass is 1110 g/mol. The Bertz CT molecular complexity index is 1820. The van der Waals surface area contributed by atoms with Crippen molar-refractivity contribution in [3.05, 3.63) is 134 Å². The minimum absolute atomic E-state index is 0.0332. The minimum Gasteiger partial charge on any atom is -0.462 e. The zero-order valence-corrected chi connectivity index (χ0v) is 49.7. The van der Waals surface area contributed by atoms with Gasteiger partial charge in [-0.15, -0.1) is 0 Å². The second kappa shape index (κ2) is 58.8. The van der Waals surface area contributed by atoms with Crippen molar-refractivity contribution in [3.63, 3.8) is 0 Å². The van der Waals surface area contributed by atoms with Gasteiger partial charge in [0.2, 0.25) is 0 Å². The van der Waals surface area contributed by atoms with E-state index in [0.29, 0.717) is 25.7 Å². The topological polar surface area (TPSA) is 155 Å². The molecular weight excluding hydrogens is 1000 g/mol. The van der Waals surface area contributed by atoms with Crippen LogP contribution in [0.1, 0.15) is 226 Å². The van der Waals surface area contributed by atoms with Crippen LogP contribution in [0.25, 0.3) is 0 Å². The summed E-state index contributed by atoms with van der Waals surface area (Å²) in [5.41, 5.74) is 0. The summed E-state index contributed by atoms with van der Waals surface area (Å²) >= 11 is 0. The molecule has 0 fully saturated rings. The van der Waals surface area contributed by atoms with E-state index in [1.54, 1.807) is 0 Å².